The van der Waals surface area contributed by atoms with E-state index in [4.69, 9.17) is 0 Å². The van der Waals surface area contributed by atoms with Crippen molar-refractivity contribution in [3.63, 3.8) is 0 Å². The Morgan fingerprint density at radius 3 is 1.03 bits per heavy atom. The molecule has 31 heavy (non-hydrogen) atoms. The minimum absolute atomic E-state index is 1.31. The summed E-state index contributed by atoms with van der Waals surface area (Å²) in [5, 5.41) is 0. The normalized spacial score (nSPS) is 8.68. The standard InChI is InChI=1S/C10H12.C5H5N.3C5H10/c1-3-9(2)10-7-5-4-6-8-10;1-2-4-6-5-3-1;3*1-4-5(2)3/h3-8H,1-2H3;1-5H;3*4H,1-3H3/b9-3+;;;;. The summed E-state index contributed by atoms with van der Waals surface area (Å²) < 4.78 is 0. The Balaban J connectivity index is -0.000000330. The average molecular weight is 422 g/mol. The van der Waals surface area contributed by atoms with Crippen LogP contribution in [0.4, 0.5) is 0 Å². The summed E-state index contributed by atoms with van der Waals surface area (Å²) in [6.45, 7) is 22.8. The van der Waals surface area contributed by atoms with Crippen molar-refractivity contribution in [1.29, 1.82) is 0 Å². The monoisotopic (exact) mass is 421 g/mol. The number of pyridine rings is 1. The van der Waals surface area contributed by atoms with Crippen molar-refractivity contribution in [2.75, 3.05) is 0 Å². The molecule has 0 aliphatic heterocycles. The van der Waals surface area contributed by atoms with Crippen molar-refractivity contribution in [2.45, 2.75) is 76.2 Å². The first-order valence-corrected chi connectivity index (χ1v) is 11.0. The van der Waals surface area contributed by atoms with Crippen LogP contribution in [0.3, 0.4) is 0 Å². The van der Waals surface area contributed by atoms with Crippen molar-refractivity contribution in [3.05, 3.63) is 108 Å². The first kappa shape index (κ1) is 33.0. The topological polar surface area (TPSA) is 12.9 Å². The van der Waals surface area contributed by atoms with Crippen LogP contribution in [0.2, 0.25) is 0 Å². The summed E-state index contributed by atoms with van der Waals surface area (Å²) in [7, 11) is 0. The van der Waals surface area contributed by atoms with E-state index in [1.54, 1.807) is 12.4 Å². The van der Waals surface area contributed by atoms with Gasteiger partial charge in [0.2, 0.25) is 0 Å². The molecule has 0 N–H and O–H groups in total. The van der Waals surface area contributed by atoms with E-state index in [9.17, 15) is 0 Å². The summed E-state index contributed by atoms with van der Waals surface area (Å²) >= 11 is 0. The molecular formula is C30H47N. The number of allylic oxidation sites excluding steroid dienone is 8. The van der Waals surface area contributed by atoms with Gasteiger partial charge in [-0.2, -0.15) is 0 Å². The lowest BCUT2D eigenvalue weighted by molar-refractivity contribution is 1.33. The van der Waals surface area contributed by atoms with E-state index in [1.165, 1.54) is 27.9 Å². The molecule has 0 saturated heterocycles. The van der Waals surface area contributed by atoms with Crippen LogP contribution in [0, 0.1) is 0 Å². The van der Waals surface area contributed by atoms with Gasteiger partial charge in [-0.25, -0.2) is 0 Å². The molecule has 1 heterocycles. The van der Waals surface area contributed by atoms with E-state index in [0.717, 1.165) is 0 Å². The van der Waals surface area contributed by atoms with E-state index in [0.29, 0.717) is 0 Å². The number of hydrogen-bond acceptors (Lipinski definition) is 1. The van der Waals surface area contributed by atoms with Crippen LogP contribution in [-0.2, 0) is 0 Å². The zero-order valence-corrected chi connectivity index (χ0v) is 22.0. The fraction of sp³-hybridized carbons (Fsp3) is 0.367. The van der Waals surface area contributed by atoms with Gasteiger partial charge >= 0.3 is 0 Å². The second-order valence-electron chi connectivity index (χ2n) is 7.46. The highest BCUT2D eigenvalue weighted by Gasteiger charge is 1.88. The van der Waals surface area contributed by atoms with Crippen molar-refractivity contribution < 1.29 is 0 Å². The zero-order valence-electron chi connectivity index (χ0n) is 22.0. The Morgan fingerprint density at radius 2 is 0.839 bits per heavy atom. The van der Waals surface area contributed by atoms with Crippen molar-refractivity contribution in [2.24, 2.45) is 0 Å². The number of rotatable bonds is 1. The fourth-order valence-electron chi connectivity index (χ4n) is 1.18. The molecule has 0 spiro atoms. The molecule has 0 bridgehead atoms. The van der Waals surface area contributed by atoms with Gasteiger partial charge in [-0.3, -0.25) is 4.98 Å². The quantitative estimate of drug-likeness (QED) is 0.417. The van der Waals surface area contributed by atoms with Crippen molar-refractivity contribution >= 4 is 5.57 Å². The van der Waals surface area contributed by atoms with Gasteiger partial charge < -0.3 is 0 Å². The third kappa shape index (κ3) is 32.2. The van der Waals surface area contributed by atoms with Gasteiger partial charge in [0.25, 0.3) is 0 Å². The van der Waals surface area contributed by atoms with Crippen LogP contribution in [0.1, 0.15) is 81.7 Å². The summed E-state index contributed by atoms with van der Waals surface area (Å²) in [6.07, 6.45) is 11.9. The summed E-state index contributed by atoms with van der Waals surface area (Å²) in [5.74, 6) is 0. The lowest BCUT2D eigenvalue weighted by atomic mass is 10.1. The summed E-state index contributed by atoms with van der Waals surface area (Å²) in [6, 6.07) is 16.1. The minimum atomic E-state index is 1.31. The average Bonchev–Trinajstić information content (AvgIpc) is 2.81. The Hall–Kier alpha value is -2.67. The Labute approximate surface area is 194 Å². The molecule has 2 aromatic rings. The Bertz CT molecular complexity index is 656. The Morgan fingerprint density at radius 1 is 0.516 bits per heavy atom. The molecular weight excluding hydrogens is 374 g/mol. The third-order valence-electron chi connectivity index (χ3n) is 3.96. The molecule has 1 aromatic heterocycles. The molecule has 0 aliphatic carbocycles. The van der Waals surface area contributed by atoms with E-state index in [1.807, 2.05) is 45.0 Å². The van der Waals surface area contributed by atoms with E-state index in [-0.39, 0.29) is 0 Å². The van der Waals surface area contributed by atoms with Crippen LogP contribution >= 0.6 is 0 Å². The zero-order chi connectivity index (χ0) is 24.5. The molecule has 0 amide bonds. The maximum Gasteiger partial charge on any atom is 0.0267 e. The molecule has 1 heteroatoms. The van der Waals surface area contributed by atoms with E-state index >= 15 is 0 Å². The van der Waals surface area contributed by atoms with Gasteiger partial charge in [-0.1, -0.05) is 77.4 Å². The Kier molecular flexibility index (Phi) is 27.0. The lowest BCUT2D eigenvalue weighted by Crippen LogP contribution is -1.75. The molecule has 2 rings (SSSR count). The molecule has 1 aromatic carbocycles. The molecule has 172 valence electrons. The molecule has 0 atom stereocenters. The van der Waals surface area contributed by atoms with Gasteiger partial charge in [0.05, 0.1) is 0 Å². The number of nitrogens with zero attached hydrogens (tertiary/aromatic N) is 1. The number of aromatic nitrogens is 1. The first-order chi connectivity index (χ1) is 14.7. The third-order valence-corrected chi connectivity index (χ3v) is 3.96. The smallest absolute Gasteiger partial charge is 0.0267 e. The van der Waals surface area contributed by atoms with Gasteiger partial charge in [0.15, 0.2) is 0 Å². The summed E-state index contributed by atoms with van der Waals surface area (Å²) in [4.78, 5) is 3.78. The second-order valence-corrected chi connectivity index (χ2v) is 7.46. The van der Waals surface area contributed by atoms with Crippen LogP contribution in [0.15, 0.2) is 102 Å². The first-order valence-electron chi connectivity index (χ1n) is 11.0. The van der Waals surface area contributed by atoms with Crippen LogP contribution < -0.4 is 0 Å². The van der Waals surface area contributed by atoms with Gasteiger partial charge in [-0.05, 0) is 99.4 Å². The molecule has 0 unspecified atom stereocenters. The predicted molar refractivity (Wildman–Crippen MR) is 145 cm³/mol. The highest BCUT2D eigenvalue weighted by atomic mass is 14.6. The molecule has 0 saturated carbocycles. The minimum Gasteiger partial charge on any atom is -0.265 e. The SMILES string of the molecule is C/C=C(\C)c1ccccc1.CC=C(C)C.CC=C(C)C.CC=C(C)C.c1ccncc1. The van der Waals surface area contributed by atoms with Crippen LogP contribution in [0.5, 0.6) is 0 Å². The van der Waals surface area contributed by atoms with Crippen LogP contribution in [-0.4, -0.2) is 4.98 Å². The van der Waals surface area contributed by atoms with Gasteiger partial charge in [0.1, 0.15) is 0 Å². The maximum atomic E-state index is 3.78. The van der Waals surface area contributed by atoms with Gasteiger partial charge in [-0.15, -0.1) is 0 Å². The van der Waals surface area contributed by atoms with Crippen molar-refractivity contribution in [3.8, 4) is 0 Å². The van der Waals surface area contributed by atoms with E-state index in [2.05, 4.69) is 109 Å². The van der Waals surface area contributed by atoms with E-state index < -0.39 is 0 Å². The predicted octanol–water partition coefficient (Wildman–Crippen LogP) is 10.1. The molecule has 0 fully saturated rings. The van der Waals surface area contributed by atoms with Crippen molar-refractivity contribution in [1.82, 2.24) is 4.98 Å². The molecule has 0 aliphatic rings. The lowest BCUT2D eigenvalue weighted by Gasteiger charge is -1.97. The van der Waals surface area contributed by atoms with Crippen LogP contribution in [0.25, 0.3) is 5.57 Å². The largest absolute Gasteiger partial charge is 0.265 e. The maximum absolute atomic E-state index is 3.78. The fourth-order valence-corrected chi connectivity index (χ4v) is 1.18. The molecule has 0 radical (unpaired) electrons. The summed E-state index contributed by atoms with van der Waals surface area (Å²) in [5.41, 5.74) is 6.78. The second kappa shape index (κ2) is 25.4. The highest BCUT2D eigenvalue weighted by molar-refractivity contribution is 5.62. The highest BCUT2D eigenvalue weighted by Crippen LogP contribution is 2.11. The number of hydrogen-bond donors (Lipinski definition) is 0. The van der Waals surface area contributed by atoms with Gasteiger partial charge in [0, 0.05) is 12.4 Å². The number of benzene rings is 1. The molecule has 1 nitrogen and oxygen atoms in total.